The molecule has 14 N–H and O–H groups in total. The molecule has 0 bridgehead atoms. The monoisotopic (exact) mass is 650 g/mol. The van der Waals surface area contributed by atoms with Gasteiger partial charge in [-0.15, -0.1) is 0 Å². The number of carboxylic acids is 1. The van der Waals surface area contributed by atoms with Gasteiger partial charge in [0.15, 0.2) is 5.96 Å². The Kier molecular flexibility index (Phi) is 19.0. The fourth-order valence-electron chi connectivity index (χ4n) is 3.46. The maximum Gasteiger partial charge on any atom is 0.327 e. The van der Waals surface area contributed by atoms with Crippen molar-refractivity contribution < 1.29 is 33.9 Å². The number of hydrogen-bond donors (Lipinski definition) is 13. The summed E-state index contributed by atoms with van der Waals surface area (Å²) < 4.78 is 0. The molecule has 4 atom stereocenters. The van der Waals surface area contributed by atoms with Gasteiger partial charge in [0.05, 0.1) is 12.6 Å². The van der Waals surface area contributed by atoms with Crippen molar-refractivity contribution in [3.8, 4) is 0 Å². The summed E-state index contributed by atoms with van der Waals surface area (Å²) >= 11 is 7.85. The highest BCUT2D eigenvalue weighted by Gasteiger charge is 2.34. The number of unbranched alkanes of at least 4 members (excludes halogenated alkanes) is 1. The number of amides is 5. The molecule has 0 aromatic heterocycles. The second-order valence-corrected chi connectivity index (χ2v) is 10.8. The fraction of sp³-hybridized carbons (Fsp3) is 0.708. The standard InChI is InChI=1S/C24H46N10O7S2/c1-24(2,22(41)30-10-17(35)31-16(12-43)21(39)40)34-20(38)15(7-5-9-29-23(27)28)33-19(37)14(6-3-4-8-25)32-18(36)13(26)11-42/h13-16,42-43H,3-12,25-26H2,1-2H3,(H,30,41)(H,31,35)(H,32,36)(H,33,37)(H,34,38)(H,39,40)(H4,27,28,29)/t13-,14-,15-,16-/m0/s1. The highest BCUT2D eigenvalue weighted by molar-refractivity contribution is 7.80. The molecule has 0 aromatic carbocycles. The molecule has 0 radical (unpaired) electrons. The molecule has 0 saturated heterocycles. The first-order valence-electron chi connectivity index (χ1n) is 13.6. The number of aliphatic carboxylic acids is 1. The minimum absolute atomic E-state index is 0.0469. The molecule has 17 nitrogen and oxygen atoms in total. The molecule has 0 unspecified atom stereocenters. The average Bonchev–Trinajstić information content (AvgIpc) is 2.94. The zero-order valence-electron chi connectivity index (χ0n) is 24.4. The average molecular weight is 651 g/mol. The van der Waals surface area contributed by atoms with E-state index < -0.39 is 71.8 Å². The Labute approximate surface area is 261 Å². The molecule has 0 aliphatic rings. The molecule has 19 heteroatoms. The molecular weight excluding hydrogens is 604 g/mol. The topological polar surface area (TPSA) is 297 Å². The number of hydrogen-bond acceptors (Lipinski definition) is 11. The predicted molar refractivity (Wildman–Crippen MR) is 166 cm³/mol. The number of guanidine groups is 1. The van der Waals surface area contributed by atoms with Crippen LogP contribution in [0.1, 0.15) is 46.0 Å². The van der Waals surface area contributed by atoms with E-state index in [1.54, 1.807) is 0 Å². The fourth-order valence-corrected chi connectivity index (χ4v) is 3.87. The lowest BCUT2D eigenvalue weighted by molar-refractivity contribution is -0.141. The van der Waals surface area contributed by atoms with Gasteiger partial charge < -0.3 is 54.2 Å². The van der Waals surface area contributed by atoms with E-state index in [4.69, 9.17) is 27.7 Å². The third-order valence-corrected chi connectivity index (χ3v) is 6.72. The number of rotatable bonds is 21. The normalized spacial score (nSPS) is 13.8. The van der Waals surface area contributed by atoms with Gasteiger partial charge in [-0.1, -0.05) is 0 Å². The van der Waals surface area contributed by atoms with Crippen LogP contribution in [0.4, 0.5) is 0 Å². The first kappa shape index (κ1) is 39.7. The molecule has 0 fully saturated rings. The van der Waals surface area contributed by atoms with Crippen LogP contribution in [0, 0.1) is 5.41 Å². The minimum atomic E-state index is -1.57. The number of nitrogens with two attached hydrogens (primary N) is 3. The molecular formula is C24H46N10O7S2. The Morgan fingerprint density at radius 3 is 1.95 bits per heavy atom. The Balaban J connectivity index is 5.62. The van der Waals surface area contributed by atoms with Crippen molar-refractivity contribution in [3.63, 3.8) is 0 Å². The maximum atomic E-state index is 13.3. The molecule has 246 valence electrons. The van der Waals surface area contributed by atoms with Crippen LogP contribution in [0.3, 0.4) is 0 Å². The largest absolute Gasteiger partial charge is 0.480 e. The van der Waals surface area contributed by atoms with Gasteiger partial charge in [0, 0.05) is 18.1 Å². The third kappa shape index (κ3) is 16.2. The van der Waals surface area contributed by atoms with Crippen LogP contribution in [0.25, 0.3) is 0 Å². The van der Waals surface area contributed by atoms with E-state index >= 15 is 0 Å². The number of carboxylic acid groups (broad SMARTS) is 1. The zero-order chi connectivity index (χ0) is 33.2. The highest BCUT2D eigenvalue weighted by Crippen LogP contribution is 2.08. The van der Waals surface area contributed by atoms with Crippen molar-refractivity contribution in [2.45, 2.75) is 75.7 Å². The SMILES string of the molecule is CC(C)(NC(=O)[C@H](CCCNC(=N)N)NC(=O)[C@H](CCCCN)NC(=O)[C@@H](N)CS)C(=O)NCC(=O)N[C@@H](CS)C(=O)O. The Hall–Kier alpha value is -3.29. The Bertz CT molecular complexity index is 986. The first-order chi connectivity index (χ1) is 20.1. The molecule has 43 heavy (non-hydrogen) atoms. The van der Waals surface area contributed by atoms with Gasteiger partial charge in [-0.05, 0) is 52.5 Å². The Morgan fingerprint density at radius 2 is 1.42 bits per heavy atom. The van der Waals surface area contributed by atoms with Gasteiger partial charge in [0.1, 0.15) is 23.7 Å². The van der Waals surface area contributed by atoms with Crippen LogP contribution in [0.15, 0.2) is 0 Å². The lowest BCUT2D eigenvalue weighted by Gasteiger charge is -2.29. The van der Waals surface area contributed by atoms with Crippen LogP contribution < -0.4 is 49.1 Å². The van der Waals surface area contributed by atoms with Gasteiger partial charge in [0.2, 0.25) is 29.5 Å². The molecule has 0 saturated carbocycles. The number of nitrogens with one attached hydrogen (secondary N) is 7. The van der Waals surface area contributed by atoms with E-state index in [2.05, 4.69) is 57.2 Å². The number of carbonyl (C=O) groups excluding carboxylic acids is 5. The van der Waals surface area contributed by atoms with Gasteiger partial charge in [-0.3, -0.25) is 29.4 Å². The van der Waals surface area contributed by atoms with Crippen molar-refractivity contribution in [2.24, 2.45) is 17.2 Å². The first-order valence-corrected chi connectivity index (χ1v) is 14.8. The van der Waals surface area contributed by atoms with Crippen LogP contribution >= 0.6 is 25.3 Å². The second kappa shape index (κ2) is 20.6. The summed E-state index contributed by atoms with van der Waals surface area (Å²) in [7, 11) is 0. The highest BCUT2D eigenvalue weighted by atomic mass is 32.1. The molecule has 0 aliphatic heterocycles. The lowest BCUT2D eigenvalue weighted by atomic mass is 10.0. The zero-order valence-corrected chi connectivity index (χ0v) is 26.2. The third-order valence-electron chi connectivity index (χ3n) is 5.96. The number of carbonyl (C=O) groups is 6. The smallest absolute Gasteiger partial charge is 0.327 e. The van der Waals surface area contributed by atoms with Crippen molar-refractivity contribution in [1.29, 1.82) is 5.41 Å². The minimum Gasteiger partial charge on any atom is -0.480 e. The molecule has 0 aromatic rings. The van der Waals surface area contributed by atoms with Crippen LogP contribution in [0.5, 0.6) is 0 Å². The molecule has 0 heterocycles. The summed E-state index contributed by atoms with van der Waals surface area (Å²) in [5.74, 6) is -5.21. The van der Waals surface area contributed by atoms with Crippen LogP contribution in [-0.4, -0.2) is 107 Å². The summed E-state index contributed by atoms with van der Waals surface area (Å²) in [4.78, 5) is 74.8. The van der Waals surface area contributed by atoms with Crippen LogP contribution in [-0.2, 0) is 28.8 Å². The van der Waals surface area contributed by atoms with Crippen molar-refractivity contribution in [2.75, 3.05) is 31.1 Å². The van der Waals surface area contributed by atoms with E-state index in [0.717, 1.165) is 0 Å². The van der Waals surface area contributed by atoms with E-state index in [0.29, 0.717) is 19.4 Å². The summed E-state index contributed by atoms with van der Waals surface area (Å²) in [6.45, 7) is 2.77. The van der Waals surface area contributed by atoms with Crippen molar-refractivity contribution in [1.82, 2.24) is 31.9 Å². The maximum absolute atomic E-state index is 13.3. The van der Waals surface area contributed by atoms with Gasteiger partial charge in [0.25, 0.3) is 0 Å². The van der Waals surface area contributed by atoms with Crippen molar-refractivity contribution in [3.05, 3.63) is 0 Å². The van der Waals surface area contributed by atoms with Crippen molar-refractivity contribution >= 4 is 66.7 Å². The molecule has 0 spiro atoms. The Morgan fingerprint density at radius 1 is 0.837 bits per heavy atom. The van der Waals surface area contributed by atoms with Crippen LogP contribution in [0.2, 0.25) is 0 Å². The van der Waals surface area contributed by atoms with Gasteiger partial charge >= 0.3 is 5.97 Å². The van der Waals surface area contributed by atoms with Gasteiger partial charge in [-0.2, -0.15) is 25.3 Å². The van der Waals surface area contributed by atoms with E-state index in [-0.39, 0.29) is 43.3 Å². The lowest BCUT2D eigenvalue weighted by Crippen LogP contribution is -2.61. The molecule has 0 aliphatic carbocycles. The van der Waals surface area contributed by atoms with Gasteiger partial charge in [-0.25, -0.2) is 4.79 Å². The predicted octanol–water partition coefficient (Wildman–Crippen LogP) is -3.88. The summed E-state index contributed by atoms with van der Waals surface area (Å²) in [5, 5.41) is 31.2. The summed E-state index contributed by atoms with van der Waals surface area (Å²) in [6.07, 6.45) is 1.67. The number of thiol groups is 2. The molecule has 0 rings (SSSR count). The summed E-state index contributed by atoms with van der Waals surface area (Å²) in [5.41, 5.74) is 15.0. The van der Waals surface area contributed by atoms with E-state index in [1.807, 2.05) is 0 Å². The summed E-state index contributed by atoms with van der Waals surface area (Å²) in [6, 6.07) is -4.41. The van der Waals surface area contributed by atoms with E-state index in [1.165, 1.54) is 13.8 Å². The second-order valence-electron chi connectivity index (χ2n) is 10.1. The quantitative estimate of drug-likeness (QED) is 0.0247. The molecule has 5 amide bonds. The van der Waals surface area contributed by atoms with E-state index in [9.17, 15) is 28.8 Å².